The van der Waals surface area contributed by atoms with Gasteiger partial charge in [0.25, 0.3) is 5.56 Å². The van der Waals surface area contributed by atoms with E-state index in [1.54, 1.807) is 17.5 Å². The Hall–Kier alpha value is -3.04. The van der Waals surface area contributed by atoms with Crippen LogP contribution in [0.25, 0.3) is 11.7 Å². The van der Waals surface area contributed by atoms with E-state index in [1.807, 2.05) is 12.1 Å². The highest BCUT2D eigenvalue weighted by molar-refractivity contribution is 7.09. The Balaban J connectivity index is 1.67. The molecular weight excluding hydrogens is 450 g/mol. The summed E-state index contributed by atoms with van der Waals surface area (Å²) in [5.74, 6) is -0.116. The van der Waals surface area contributed by atoms with Crippen LogP contribution in [0.3, 0.4) is 0 Å². The lowest BCUT2D eigenvalue weighted by Gasteiger charge is -2.39. The number of hydrogen-bond donors (Lipinski definition) is 1. The summed E-state index contributed by atoms with van der Waals surface area (Å²) in [6.07, 6.45) is 5.76. The number of rotatable bonds is 7. The first-order valence-electron chi connectivity index (χ1n) is 11.6. The van der Waals surface area contributed by atoms with Crippen molar-refractivity contribution in [3.05, 3.63) is 62.0 Å². The number of likely N-dealkylation sites (N-methyl/N-ethyl adjacent to an activating group) is 1. The average molecular weight is 483 g/mol. The molecule has 0 radical (unpaired) electrons. The summed E-state index contributed by atoms with van der Waals surface area (Å²) in [4.78, 5) is 36.2. The molecule has 0 amide bonds. The lowest BCUT2D eigenvalue weighted by molar-refractivity contribution is -0.890. The van der Waals surface area contributed by atoms with Gasteiger partial charge in [-0.3, -0.25) is 9.20 Å². The molecule has 1 saturated heterocycles. The van der Waals surface area contributed by atoms with Crippen LogP contribution in [-0.2, 0) is 17.6 Å². The maximum atomic E-state index is 13.3. The Bertz CT molecular complexity index is 1280. The second-order valence-electron chi connectivity index (χ2n) is 9.78. The molecule has 9 heteroatoms. The summed E-state index contributed by atoms with van der Waals surface area (Å²) in [6.45, 7) is 7.65. The number of nitrogens with zero attached hydrogens (tertiary/aromatic N) is 5. The molecule has 0 unspecified atom stereocenters. The quantitative estimate of drug-likeness (QED) is 0.411. The number of anilines is 1. The van der Waals surface area contributed by atoms with Crippen LogP contribution in [0.1, 0.15) is 41.6 Å². The minimum atomic E-state index is -1.09. The fraction of sp³-hybridized carbons (Fsp3) is 0.440. The lowest BCUT2D eigenvalue weighted by Crippen LogP contribution is -2.55. The number of pyridine rings is 1. The van der Waals surface area contributed by atoms with Crippen molar-refractivity contribution < 1.29 is 14.4 Å². The second kappa shape index (κ2) is 9.68. The molecular formula is C25H32N5O3S+. The van der Waals surface area contributed by atoms with Crippen molar-refractivity contribution in [1.82, 2.24) is 14.4 Å². The molecule has 180 valence electrons. The van der Waals surface area contributed by atoms with Crippen LogP contribution >= 0.6 is 11.3 Å². The fourth-order valence-corrected chi connectivity index (χ4v) is 5.01. The zero-order chi connectivity index (χ0) is 24.5. The highest BCUT2D eigenvalue weighted by Gasteiger charge is 2.27. The monoisotopic (exact) mass is 482 g/mol. The van der Waals surface area contributed by atoms with Crippen LogP contribution in [-0.4, -0.2) is 70.2 Å². The number of aryl methyl sites for hydroxylation is 2. The number of hydrogen-bond acceptors (Lipinski definition) is 6. The standard InChI is InChI=1S/C25H31N5O3S/c1-17(2)20-16-34-22(26-20)7-5-18-9-10-29-21(15-18)27-24(19(25(29)33)6-8-23(31)32)28-11-13-30(3,4)14-12-28/h6,8-10,15-17H,5,7,11-14H2,1-4H3/p+1. The van der Waals surface area contributed by atoms with Gasteiger partial charge in [-0.15, -0.1) is 11.3 Å². The second-order valence-corrected chi connectivity index (χ2v) is 10.7. The van der Waals surface area contributed by atoms with Crippen molar-refractivity contribution in [3.63, 3.8) is 0 Å². The van der Waals surface area contributed by atoms with E-state index < -0.39 is 5.97 Å². The molecule has 1 aliphatic heterocycles. The Morgan fingerprint density at radius 1 is 1.24 bits per heavy atom. The molecule has 0 spiro atoms. The minimum absolute atomic E-state index is 0.259. The highest BCUT2D eigenvalue weighted by Crippen LogP contribution is 2.22. The Kier molecular flexibility index (Phi) is 6.86. The lowest BCUT2D eigenvalue weighted by atomic mass is 10.1. The van der Waals surface area contributed by atoms with Crippen LogP contribution in [0.4, 0.5) is 5.82 Å². The van der Waals surface area contributed by atoms with Gasteiger partial charge < -0.3 is 14.5 Å². The van der Waals surface area contributed by atoms with Crippen molar-refractivity contribution in [2.45, 2.75) is 32.6 Å². The van der Waals surface area contributed by atoms with Gasteiger partial charge in [0.15, 0.2) is 0 Å². The van der Waals surface area contributed by atoms with Crippen LogP contribution in [0.2, 0.25) is 0 Å². The van der Waals surface area contributed by atoms with E-state index in [0.29, 0.717) is 22.9 Å². The molecule has 0 atom stereocenters. The molecule has 0 bridgehead atoms. The molecule has 0 saturated carbocycles. The molecule has 34 heavy (non-hydrogen) atoms. The third-order valence-electron chi connectivity index (χ3n) is 6.34. The number of piperazine rings is 1. The summed E-state index contributed by atoms with van der Waals surface area (Å²) < 4.78 is 2.40. The predicted octanol–water partition coefficient (Wildman–Crippen LogP) is 3.05. The Morgan fingerprint density at radius 2 is 1.97 bits per heavy atom. The molecule has 0 aliphatic carbocycles. The average Bonchev–Trinajstić information content (AvgIpc) is 3.26. The van der Waals surface area contributed by atoms with Gasteiger partial charge in [-0.2, -0.15) is 0 Å². The molecule has 1 aliphatic rings. The highest BCUT2D eigenvalue weighted by atomic mass is 32.1. The third-order valence-corrected chi connectivity index (χ3v) is 7.27. The fourth-order valence-electron chi connectivity index (χ4n) is 4.05. The Labute approximate surface area is 203 Å². The SMILES string of the molecule is CC(C)c1csc(CCc2ccn3c(=O)c(C=CC(=O)O)c(N4CC[N+](C)(C)CC4)nc3c2)n1. The maximum Gasteiger partial charge on any atom is 0.328 e. The van der Waals surface area contributed by atoms with Crippen molar-refractivity contribution in [1.29, 1.82) is 0 Å². The topological polar surface area (TPSA) is 87.8 Å². The van der Waals surface area contributed by atoms with Gasteiger partial charge in [0.05, 0.1) is 56.5 Å². The molecule has 3 aromatic heterocycles. The van der Waals surface area contributed by atoms with E-state index in [0.717, 1.165) is 65.8 Å². The number of aromatic nitrogens is 3. The van der Waals surface area contributed by atoms with E-state index in [4.69, 9.17) is 15.1 Å². The number of carbonyl (C=O) groups is 1. The van der Waals surface area contributed by atoms with E-state index in [9.17, 15) is 9.59 Å². The van der Waals surface area contributed by atoms with Crippen LogP contribution < -0.4 is 10.5 Å². The molecule has 1 fully saturated rings. The summed E-state index contributed by atoms with van der Waals surface area (Å²) in [7, 11) is 4.37. The number of aliphatic carboxylic acids is 1. The first kappa shape index (κ1) is 24.1. The molecule has 0 aromatic carbocycles. The van der Waals surface area contributed by atoms with Crippen LogP contribution in [0, 0.1) is 0 Å². The van der Waals surface area contributed by atoms with Gasteiger partial charge in [-0.1, -0.05) is 13.8 Å². The van der Waals surface area contributed by atoms with Gasteiger partial charge in [0, 0.05) is 24.1 Å². The van der Waals surface area contributed by atoms with E-state index >= 15 is 0 Å². The largest absolute Gasteiger partial charge is 0.478 e. The van der Waals surface area contributed by atoms with Gasteiger partial charge in [0.2, 0.25) is 0 Å². The smallest absolute Gasteiger partial charge is 0.328 e. The van der Waals surface area contributed by atoms with Crippen molar-refractivity contribution in [2.24, 2.45) is 0 Å². The summed E-state index contributed by atoms with van der Waals surface area (Å²) in [5.41, 5.74) is 2.84. The zero-order valence-corrected chi connectivity index (χ0v) is 21.0. The third kappa shape index (κ3) is 5.37. The van der Waals surface area contributed by atoms with Crippen molar-refractivity contribution in [2.75, 3.05) is 45.2 Å². The maximum absolute atomic E-state index is 13.3. The van der Waals surface area contributed by atoms with Crippen LogP contribution in [0.15, 0.2) is 34.6 Å². The molecule has 4 heterocycles. The number of fused-ring (bicyclic) bond motifs is 1. The van der Waals surface area contributed by atoms with Crippen LogP contribution in [0.5, 0.6) is 0 Å². The first-order chi connectivity index (χ1) is 16.1. The number of quaternary nitrogens is 1. The van der Waals surface area contributed by atoms with Crippen molar-refractivity contribution in [3.8, 4) is 0 Å². The van der Waals surface area contributed by atoms with Gasteiger partial charge in [-0.25, -0.2) is 14.8 Å². The number of carboxylic acids is 1. The van der Waals surface area contributed by atoms with E-state index in [2.05, 4.69) is 38.2 Å². The Morgan fingerprint density at radius 3 is 2.62 bits per heavy atom. The normalized spacial score (nSPS) is 16.1. The van der Waals surface area contributed by atoms with E-state index in [-0.39, 0.29) is 5.56 Å². The molecule has 4 rings (SSSR count). The molecule has 1 N–H and O–H groups in total. The summed E-state index contributed by atoms with van der Waals surface area (Å²) >= 11 is 1.69. The van der Waals surface area contributed by atoms with Gasteiger partial charge >= 0.3 is 5.97 Å². The number of thiazole rings is 1. The zero-order valence-electron chi connectivity index (χ0n) is 20.2. The van der Waals surface area contributed by atoms with Gasteiger partial charge in [-0.05, 0) is 36.1 Å². The van der Waals surface area contributed by atoms with E-state index in [1.165, 1.54) is 10.5 Å². The molecule has 3 aromatic rings. The summed E-state index contributed by atoms with van der Waals surface area (Å²) in [6, 6.07) is 3.88. The predicted molar refractivity (Wildman–Crippen MR) is 136 cm³/mol. The molecule has 8 nitrogen and oxygen atoms in total. The first-order valence-corrected chi connectivity index (χ1v) is 12.5. The van der Waals surface area contributed by atoms with Crippen molar-refractivity contribution >= 4 is 34.8 Å². The number of carboxylic acid groups (broad SMARTS) is 1. The minimum Gasteiger partial charge on any atom is -0.478 e. The van der Waals surface area contributed by atoms with Gasteiger partial charge in [0.1, 0.15) is 11.5 Å². The summed E-state index contributed by atoms with van der Waals surface area (Å²) in [5, 5.41) is 12.4.